The summed E-state index contributed by atoms with van der Waals surface area (Å²) in [6, 6.07) is 5.50. The highest BCUT2D eigenvalue weighted by Gasteiger charge is 2.23. The third-order valence-electron chi connectivity index (χ3n) is 3.46. The maximum absolute atomic E-state index is 12.5. The Morgan fingerprint density at radius 1 is 1.14 bits per heavy atom. The molecular weight excluding hydrogens is 404 g/mol. The number of aliphatic carboxylic acids is 1. The molecule has 1 aromatic rings. The Bertz CT molecular complexity index is 543. The summed E-state index contributed by atoms with van der Waals surface area (Å²) in [6.07, 6.45) is 0.145. The van der Waals surface area contributed by atoms with Crippen LogP contribution in [0.2, 0.25) is 0 Å². The third kappa shape index (κ3) is 4.52. The fourth-order valence-electron chi connectivity index (χ4n) is 2.26. The summed E-state index contributed by atoms with van der Waals surface area (Å²) in [6.45, 7) is 3.22. The molecule has 0 bridgehead atoms. The molecule has 0 atom stereocenters. The van der Waals surface area contributed by atoms with Gasteiger partial charge in [-0.15, -0.1) is 0 Å². The minimum absolute atomic E-state index is 0.00672. The zero-order chi connectivity index (χ0) is 15.4. The standard InChI is InChI=1S/C14H16Br2N2O3/c15-10-1-2-11(12(16)9-10)14(21)18-7-5-17(6-8-18)4-3-13(19)20/h1-2,9H,3-8H2,(H,19,20). The van der Waals surface area contributed by atoms with E-state index in [0.717, 1.165) is 8.95 Å². The molecule has 7 heteroatoms. The van der Waals surface area contributed by atoms with Gasteiger partial charge in [0.05, 0.1) is 12.0 Å². The largest absolute Gasteiger partial charge is 0.481 e. The van der Waals surface area contributed by atoms with Gasteiger partial charge >= 0.3 is 5.97 Å². The Kier molecular flexibility index (Phi) is 5.78. The number of nitrogens with zero attached hydrogens (tertiary/aromatic N) is 2. The molecule has 0 radical (unpaired) electrons. The molecular formula is C14H16Br2N2O3. The molecule has 0 spiro atoms. The molecule has 0 saturated carbocycles. The van der Waals surface area contributed by atoms with Gasteiger partial charge in [-0.1, -0.05) is 15.9 Å². The summed E-state index contributed by atoms with van der Waals surface area (Å²) >= 11 is 6.78. The average molecular weight is 420 g/mol. The van der Waals surface area contributed by atoms with Gasteiger partial charge in [-0.25, -0.2) is 0 Å². The Morgan fingerprint density at radius 2 is 1.81 bits per heavy atom. The van der Waals surface area contributed by atoms with E-state index in [1.54, 1.807) is 6.07 Å². The highest BCUT2D eigenvalue weighted by atomic mass is 79.9. The van der Waals surface area contributed by atoms with Crippen molar-refractivity contribution in [1.29, 1.82) is 0 Å². The molecule has 0 aliphatic carbocycles. The van der Waals surface area contributed by atoms with E-state index in [2.05, 4.69) is 36.8 Å². The van der Waals surface area contributed by atoms with E-state index in [1.807, 2.05) is 17.0 Å². The molecule has 2 rings (SSSR count). The van der Waals surface area contributed by atoms with Crippen molar-refractivity contribution in [3.63, 3.8) is 0 Å². The topological polar surface area (TPSA) is 60.9 Å². The number of carboxylic acids is 1. The number of benzene rings is 1. The van der Waals surface area contributed by atoms with Crippen LogP contribution in [0.15, 0.2) is 27.1 Å². The van der Waals surface area contributed by atoms with Crippen LogP contribution in [0.25, 0.3) is 0 Å². The van der Waals surface area contributed by atoms with Crippen LogP contribution in [0.4, 0.5) is 0 Å². The molecule has 21 heavy (non-hydrogen) atoms. The van der Waals surface area contributed by atoms with Gasteiger partial charge in [-0.2, -0.15) is 0 Å². The second-order valence-corrected chi connectivity index (χ2v) is 6.67. The average Bonchev–Trinajstić information content (AvgIpc) is 2.45. The van der Waals surface area contributed by atoms with E-state index < -0.39 is 5.97 Å². The molecule has 5 nitrogen and oxygen atoms in total. The molecule has 1 aliphatic rings. The number of carboxylic acid groups (broad SMARTS) is 1. The lowest BCUT2D eigenvalue weighted by molar-refractivity contribution is -0.137. The van der Waals surface area contributed by atoms with Gasteiger partial charge in [0, 0.05) is 41.7 Å². The van der Waals surface area contributed by atoms with Gasteiger partial charge in [0.2, 0.25) is 0 Å². The molecule has 1 heterocycles. The van der Waals surface area contributed by atoms with Gasteiger partial charge in [0.15, 0.2) is 0 Å². The molecule has 1 fully saturated rings. The van der Waals surface area contributed by atoms with E-state index in [1.165, 1.54) is 0 Å². The highest BCUT2D eigenvalue weighted by Crippen LogP contribution is 2.23. The van der Waals surface area contributed by atoms with Crippen molar-refractivity contribution >= 4 is 43.7 Å². The molecule has 114 valence electrons. The number of carbonyl (C=O) groups excluding carboxylic acids is 1. The highest BCUT2D eigenvalue weighted by molar-refractivity contribution is 9.11. The first kappa shape index (κ1) is 16.5. The number of halogens is 2. The predicted molar refractivity (Wildman–Crippen MR) is 86.4 cm³/mol. The first-order chi connectivity index (χ1) is 9.97. The van der Waals surface area contributed by atoms with E-state index >= 15 is 0 Å². The van der Waals surface area contributed by atoms with Crippen molar-refractivity contribution in [3.8, 4) is 0 Å². The Labute approximate surface area is 140 Å². The van der Waals surface area contributed by atoms with Crippen molar-refractivity contribution in [2.45, 2.75) is 6.42 Å². The number of piperazine rings is 1. The molecule has 0 aromatic heterocycles. The summed E-state index contributed by atoms with van der Waals surface area (Å²) in [5, 5.41) is 8.69. The van der Waals surface area contributed by atoms with Crippen molar-refractivity contribution in [2.24, 2.45) is 0 Å². The Morgan fingerprint density at radius 3 is 2.38 bits per heavy atom. The van der Waals surface area contributed by atoms with Crippen molar-refractivity contribution < 1.29 is 14.7 Å². The lowest BCUT2D eigenvalue weighted by Crippen LogP contribution is -2.49. The van der Waals surface area contributed by atoms with E-state index in [-0.39, 0.29) is 12.3 Å². The molecule has 1 N–H and O–H groups in total. The number of amides is 1. The maximum atomic E-state index is 12.5. The SMILES string of the molecule is O=C(O)CCN1CCN(C(=O)c2ccc(Br)cc2Br)CC1. The lowest BCUT2D eigenvalue weighted by atomic mass is 10.2. The number of rotatable bonds is 4. The second kappa shape index (κ2) is 7.38. The Hall–Kier alpha value is -0.920. The van der Waals surface area contributed by atoms with Crippen LogP contribution in [0.3, 0.4) is 0 Å². The summed E-state index contributed by atoms with van der Waals surface area (Å²) in [4.78, 5) is 26.9. The van der Waals surface area contributed by atoms with Gasteiger partial charge < -0.3 is 10.0 Å². The van der Waals surface area contributed by atoms with E-state index in [4.69, 9.17) is 5.11 Å². The van der Waals surface area contributed by atoms with Crippen LogP contribution in [0.5, 0.6) is 0 Å². The van der Waals surface area contributed by atoms with Gasteiger partial charge in [0.1, 0.15) is 0 Å². The van der Waals surface area contributed by atoms with Crippen LogP contribution in [0, 0.1) is 0 Å². The molecule has 1 amide bonds. The summed E-state index contributed by atoms with van der Waals surface area (Å²) < 4.78 is 1.69. The monoisotopic (exact) mass is 418 g/mol. The Balaban J connectivity index is 1.92. The summed E-state index contributed by atoms with van der Waals surface area (Å²) in [5.41, 5.74) is 0.650. The fourth-order valence-corrected chi connectivity index (χ4v) is 3.48. The first-order valence-corrected chi connectivity index (χ1v) is 8.24. The minimum Gasteiger partial charge on any atom is -0.481 e. The van der Waals surface area contributed by atoms with Crippen LogP contribution in [-0.2, 0) is 4.79 Å². The van der Waals surface area contributed by atoms with Crippen molar-refractivity contribution in [3.05, 3.63) is 32.7 Å². The fraction of sp³-hybridized carbons (Fsp3) is 0.429. The van der Waals surface area contributed by atoms with Crippen LogP contribution >= 0.6 is 31.9 Å². The smallest absolute Gasteiger partial charge is 0.304 e. The lowest BCUT2D eigenvalue weighted by Gasteiger charge is -2.34. The summed E-state index contributed by atoms with van der Waals surface area (Å²) in [7, 11) is 0. The zero-order valence-electron chi connectivity index (χ0n) is 11.4. The van der Waals surface area contributed by atoms with Crippen molar-refractivity contribution in [1.82, 2.24) is 9.80 Å². The number of hydrogen-bond donors (Lipinski definition) is 1. The van der Waals surface area contributed by atoms with Gasteiger partial charge in [-0.3, -0.25) is 14.5 Å². The van der Waals surface area contributed by atoms with Gasteiger partial charge in [0.25, 0.3) is 5.91 Å². The van der Waals surface area contributed by atoms with E-state index in [9.17, 15) is 9.59 Å². The van der Waals surface area contributed by atoms with Crippen molar-refractivity contribution in [2.75, 3.05) is 32.7 Å². The molecule has 0 unspecified atom stereocenters. The normalized spacial score (nSPS) is 16.0. The van der Waals surface area contributed by atoms with Crippen LogP contribution < -0.4 is 0 Å². The quantitative estimate of drug-likeness (QED) is 0.814. The zero-order valence-corrected chi connectivity index (χ0v) is 14.6. The number of hydrogen-bond acceptors (Lipinski definition) is 3. The summed E-state index contributed by atoms with van der Waals surface area (Å²) in [5.74, 6) is -0.778. The van der Waals surface area contributed by atoms with E-state index in [0.29, 0.717) is 38.3 Å². The second-order valence-electron chi connectivity index (χ2n) is 4.90. The predicted octanol–water partition coefficient (Wildman–Crippen LogP) is 2.44. The maximum Gasteiger partial charge on any atom is 0.304 e. The molecule has 1 aliphatic heterocycles. The molecule has 1 aromatic carbocycles. The molecule has 1 saturated heterocycles. The number of carbonyl (C=O) groups is 2. The van der Waals surface area contributed by atoms with Gasteiger partial charge in [-0.05, 0) is 34.1 Å². The van der Waals surface area contributed by atoms with Crippen LogP contribution in [0.1, 0.15) is 16.8 Å². The third-order valence-corrected chi connectivity index (χ3v) is 4.61. The first-order valence-electron chi connectivity index (χ1n) is 6.66. The minimum atomic E-state index is -0.785. The van der Waals surface area contributed by atoms with Crippen LogP contribution in [-0.4, -0.2) is 59.5 Å².